The molecule has 2 amide bonds. The second-order valence-electron chi connectivity index (χ2n) is 5.07. The lowest BCUT2D eigenvalue weighted by molar-refractivity contribution is -0.122. The Kier molecular flexibility index (Phi) is 6.26. The average Bonchev–Trinajstić information content (AvgIpc) is 2.55. The van der Waals surface area contributed by atoms with Crippen molar-refractivity contribution in [1.29, 1.82) is 0 Å². The zero-order valence-corrected chi connectivity index (χ0v) is 14.6. The molecule has 0 atom stereocenters. The van der Waals surface area contributed by atoms with E-state index in [2.05, 4.69) is 26.6 Å². The second-order valence-corrected chi connectivity index (χ2v) is 5.92. The molecule has 6 heteroatoms. The Labute approximate surface area is 147 Å². The van der Waals surface area contributed by atoms with Crippen molar-refractivity contribution in [2.75, 3.05) is 0 Å². The highest BCUT2D eigenvalue weighted by atomic mass is 79.9. The minimum Gasteiger partial charge on any atom is -0.347 e. The Morgan fingerprint density at radius 3 is 2.42 bits per heavy atom. The molecule has 0 aliphatic heterocycles. The summed E-state index contributed by atoms with van der Waals surface area (Å²) in [5.41, 5.74) is 1.66. The third-order valence-electron chi connectivity index (χ3n) is 3.13. The van der Waals surface area contributed by atoms with Gasteiger partial charge < -0.3 is 10.6 Å². The van der Waals surface area contributed by atoms with E-state index in [1.807, 2.05) is 24.3 Å². The molecule has 24 heavy (non-hydrogen) atoms. The zero-order chi connectivity index (χ0) is 17.5. The highest BCUT2D eigenvalue weighted by Crippen LogP contribution is 2.18. The van der Waals surface area contributed by atoms with E-state index in [4.69, 9.17) is 0 Å². The summed E-state index contributed by atoms with van der Waals surface area (Å²) in [6.07, 6.45) is 1.59. The maximum absolute atomic E-state index is 12.9. The molecule has 0 spiro atoms. The van der Waals surface area contributed by atoms with Gasteiger partial charge in [-0.3, -0.25) is 9.59 Å². The van der Waals surface area contributed by atoms with Crippen molar-refractivity contribution in [2.45, 2.75) is 13.5 Å². The Balaban J connectivity index is 2.14. The summed E-state index contributed by atoms with van der Waals surface area (Å²) in [5, 5.41) is 5.23. The van der Waals surface area contributed by atoms with Crippen LogP contribution in [0.5, 0.6) is 0 Å². The van der Waals surface area contributed by atoms with Crippen molar-refractivity contribution in [3.63, 3.8) is 0 Å². The number of hydrogen-bond donors (Lipinski definition) is 2. The molecule has 0 aliphatic rings. The van der Waals surface area contributed by atoms with Crippen molar-refractivity contribution in [2.24, 2.45) is 0 Å². The summed E-state index contributed by atoms with van der Waals surface area (Å²) in [4.78, 5) is 23.7. The number of carbonyl (C=O) groups is 2. The van der Waals surface area contributed by atoms with Crippen LogP contribution >= 0.6 is 15.9 Å². The number of halogens is 2. The minimum atomic E-state index is -0.426. The van der Waals surface area contributed by atoms with Crippen LogP contribution in [0.1, 0.15) is 18.1 Å². The first-order valence-electron chi connectivity index (χ1n) is 7.22. The molecule has 2 aromatic rings. The van der Waals surface area contributed by atoms with Crippen molar-refractivity contribution in [1.82, 2.24) is 10.6 Å². The third-order valence-corrected chi connectivity index (χ3v) is 3.85. The smallest absolute Gasteiger partial charge is 0.268 e. The first kappa shape index (κ1) is 17.9. The predicted molar refractivity (Wildman–Crippen MR) is 94.2 cm³/mol. The average molecular weight is 391 g/mol. The summed E-state index contributed by atoms with van der Waals surface area (Å²) in [6.45, 7) is 1.56. The van der Waals surface area contributed by atoms with E-state index in [9.17, 15) is 14.0 Å². The molecule has 0 fully saturated rings. The molecule has 0 radical (unpaired) electrons. The van der Waals surface area contributed by atoms with Gasteiger partial charge in [0.1, 0.15) is 11.5 Å². The van der Waals surface area contributed by atoms with Crippen molar-refractivity contribution >= 4 is 33.8 Å². The molecule has 2 N–H and O–H groups in total. The van der Waals surface area contributed by atoms with Crippen molar-refractivity contribution in [3.05, 3.63) is 75.6 Å². The van der Waals surface area contributed by atoms with Gasteiger partial charge in [0.05, 0.1) is 0 Å². The maximum atomic E-state index is 12.9. The monoisotopic (exact) mass is 390 g/mol. The number of amides is 2. The molecule has 124 valence electrons. The van der Waals surface area contributed by atoms with Crippen LogP contribution in [0.3, 0.4) is 0 Å². The second kappa shape index (κ2) is 8.40. The van der Waals surface area contributed by atoms with Gasteiger partial charge in [0.25, 0.3) is 5.91 Å². The molecular weight excluding hydrogens is 375 g/mol. The molecule has 0 saturated carbocycles. The standard InChI is InChI=1S/C18H16BrFN2O2/c1-12(23)22-17(10-14-4-2-3-5-16(14)19)18(24)21-11-13-6-8-15(20)9-7-13/h2-10H,11H2,1H3,(H,21,24)(H,22,23)/b17-10+. The van der Waals surface area contributed by atoms with Gasteiger partial charge >= 0.3 is 0 Å². The lowest BCUT2D eigenvalue weighted by Crippen LogP contribution is -2.33. The first-order valence-corrected chi connectivity index (χ1v) is 8.01. The van der Waals surface area contributed by atoms with Gasteiger partial charge in [0.15, 0.2) is 0 Å². The van der Waals surface area contributed by atoms with E-state index >= 15 is 0 Å². The first-order chi connectivity index (χ1) is 11.5. The van der Waals surface area contributed by atoms with E-state index < -0.39 is 5.91 Å². The molecule has 0 bridgehead atoms. The van der Waals surface area contributed by atoms with Gasteiger partial charge in [0.2, 0.25) is 5.91 Å². The maximum Gasteiger partial charge on any atom is 0.268 e. The Morgan fingerprint density at radius 2 is 1.79 bits per heavy atom. The quantitative estimate of drug-likeness (QED) is 0.768. The van der Waals surface area contributed by atoms with E-state index in [-0.39, 0.29) is 24.0 Å². The summed E-state index contributed by atoms with van der Waals surface area (Å²) < 4.78 is 13.7. The van der Waals surface area contributed by atoms with Crippen LogP contribution in [0.4, 0.5) is 4.39 Å². The fourth-order valence-electron chi connectivity index (χ4n) is 1.98. The van der Waals surface area contributed by atoms with Crippen LogP contribution in [-0.2, 0) is 16.1 Å². The lowest BCUT2D eigenvalue weighted by atomic mass is 10.1. The van der Waals surface area contributed by atoms with Crippen LogP contribution in [0, 0.1) is 5.82 Å². The minimum absolute atomic E-state index is 0.136. The number of rotatable bonds is 5. The van der Waals surface area contributed by atoms with E-state index in [1.54, 1.807) is 18.2 Å². The molecule has 2 rings (SSSR count). The molecule has 0 aromatic heterocycles. The Hall–Kier alpha value is -2.47. The lowest BCUT2D eigenvalue weighted by Gasteiger charge is -2.10. The van der Waals surface area contributed by atoms with Gasteiger partial charge in [-0.25, -0.2) is 4.39 Å². The summed E-state index contributed by atoms with van der Waals surface area (Å²) in [6, 6.07) is 13.2. The van der Waals surface area contributed by atoms with Crippen molar-refractivity contribution in [3.8, 4) is 0 Å². The van der Waals surface area contributed by atoms with Crippen LogP contribution < -0.4 is 10.6 Å². The molecular formula is C18H16BrFN2O2. The normalized spacial score (nSPS) is 11.0. The fraction of sp³-hybridized carbons (Fsp3) is 0.111. The molecule has 0 heterocycles. The van der Waals surface area contributed by atoms with Gasteiger partial charge in [-0.2, -0.15) is 0 Å². The zero-order valence-electron chi connectivity index (χ0n) is 13.0. The number of hydrogen-bond acceptors (Lipinski definition) is 2. The summed E-state index contributed by atoms with van der Waals surface area (Å²) in [7, 11) is 0. The number of carbonyl (C=O) groups excluding carboxylic acids is 2. The van der Waals surface area contributed by atoms with E-state index in [0.29, 0.717) is 0 Å². The summed E-state index contributed by atoms with van der Waals surface area (Å²) in [5.74, 6) is -1.10. The van der Waals surface area contributed by atoms with Gasteiger partial charge in [-0.15, -0.1) is 0 Å². The third kappa shape index (κ3) is 5.31. The van der Waals surface area contributed by atoms with E-state index in [1.165, 1.54) is 19.1 Å². The summed E-state index contributed by atoms with van der Waals surface area (Å²) >= 11 is 3.40. The Bertz CT molecular complexity index is 773. The number of nitrogens with one attached hydrogen (secondary N) is 2. The van der Waals surface area contributed by atoms with Crippen LogP contribution in [0.15, 0.2) is 58.7 Å². The topological polar surface area (TPSA) is 58.2 Å². The van der Waals surface area contributed by atoms with Crippen LogP contribution in [0.2, 0.25) is 0 Å². The molecule has 0 aliphatic carbocycles. The van der Waals surface area contributed by atoms with Crippen LogP contribution in [-0.4, -0.2) is 11.8 Å². The highest BCUT2D eigenvalue weighted by Gasteiger charge is 2.12. The highest BCUT2D eigenvalue weighted by molar-refractivity contribution is 9.10. The SMILES string of the molecule is CC(=O)N/C(=C/c1ccccc1Br)C(=O)NCc1ccc(F)cc1. The van der Waals surface area contributed by atoms with Gasteiger partial charge in [-0.1, -0.05) is 46.3 Å². The number of benzene rings is 2. The molecule has 2 aromatic carbocycles. The fourth-order valence-corrected chi connectivity index (χ4v) is 2.37. The van der Waals surface area contributed by atoms with E-state index in [0.717, 1.165) is 15.6 Å². The molecule has 0 unspecified atom stereocenters. The predicted octanol–water partition coefficient (Wildman–Crippen LogP) is 3.38. The van der Waals surface area contributed by atoms with Gasteiger partial charge in [-0.05, 0) is 35.4 Å². The van der Waals surface area contributed by atoms with Gasteiger partial charge in [0, 0.05) is 17.9 Å². The Morgan fingerprint density at radius 1 is 1.12 bits per heavy atom. The van der Waals surface area contributed by atoms with Crippen LogP contribution in [0.25, 0.3) is 6.08 Å². The van der Waals surface area contributed by atoms with Crippen molar-refractivity contribution < 1.29 is 14.0 Å². The molecule has 0 saturated heterocycles. The largest absolute Gasteiger partial charge is 0.347 e. The molecule has 4 nitrogen and oxygen atoms in total.